The molecule has 1 aliphatic heterocycles. The maximum atomic E-state index is 4.32. The van der Waals surface area contributed by atoms with Gasteiger partial charge in [-0.05, 0) is 50.7 Å². The molecule has 4 heteroatoms. The van der Waals surface area contributed by atoms with E-state index < -0.39 is 0 Å². The van der Waals surface area contributed by atoms with E-state index in [2.05, 4.69) is 42.2 Å². The number of nitrogens with zero attached hydrogens (tertiary/aromatic N) is 2. The summed E-state index contributed by atoms with van der Waals surface area (Å²) >= 11 is 2.09. The highest BCUT2D eigenvalue weighted by atomic mass is 32.2. The van der Waals surface area contributed by atoms with E-state index >= 15 is 0 Å². The van der Waals surface area contributed by atoms with E-state index in [0.29, 0.717) is 6.04 Å². The molecule has 17 heavy (non-hydrogen) atoms. The molecule has 1 aromatic rings. The minimum absolute atomic E-state index is 0.421. The highest BCUT2D eigenvalue weighted by Crippen LogP contribution is 2.22. The van der Waals surface area contributed by atoms with Crippen molar-refractivity contribution in [2.45, 2.75) is 39.3 Å². The first-order chi connectivity index (χ1) is 8.29. The zero-order chi connectivity index (χ0) is 12.1. The molecular weight excluding hydrogens is 230 g/mol. The van der Waals surface area contributed by atoms with Crippen LogP contribution in [0, 0.1) is 5.92 Å². The number of thioether (sulfide) groups is 1. The summed E-state index contributed by atoms with van der Waals surface area (Å²) in [5, 5.41) is 7.97. The van der Waals surface area contributed by atoms with E-state index in [1.165, 1.54) is 29.9 Å². The molecule has 3 nitrogen and oxygen atoms in total. The lowest BCUT2D eigenvalue weighted by Gasteiger charge is -2.23. The molecule has 96 valence electrons. The summed E-state index contributed by atoms with van der Waals surface area (Å²) in [4.78, 5) is 0. The van der Waals surface area contributed by atoms with Gasteiger partial charge in [0.25, 0.3) is 0 Å². The molecule has 1 fully saturated rings. The van der Waals surface area contributed by atoms with Gasteiger partial charge in [-0.3, -0.25) is 4.68 Å². The number of aromatic nitrogens is 2. The highest BCUT2D eigenvalue weighted by molar-refractivity contribution is 7.99. The molecule has 1 N–H and O–H groups in total. The molecule has 1 saturated heterocycles. The molecule has 1 aromatic heterocycles. The van der Waals surface area contributed by atoms with E-state index in [0.717, 1.165) is 19.0 Å². The Bertz CT molecular complexity index is 331. The molecule has 0 saturated carbocycles. The van der Waals surface area contributed by atoms with Crippen molar-refractivity contribution >= 4 is 11.8 Å². The standard InChI is InChI=1S/C13H23N3S/c1-3-16-10-13(9-15-16)11(2)14-8-12-4-6-17-7-5-12/h9-12,14H,3-8H2,1-2H3. The zero-order valence-electron chi connectivity index (χ0n) is 10.9. The summed E-state index contributed by atoms with van der Waals surface area (Å²) in [6.07, 6.45) is 6.88. The Hall–Kier alpha value is -0.480. The largest absolute Gasteiger partial charge is 0.310 e. The van der Waals surface area contributed by atoms with E-state index in [1.54, 1.807) is 0 Å². The van der Waals surface area contributed by atoms with E-state index in [1.807, 2.05) is 10.9 Å². The number of hydrogen-bond donors (Lipinski definition) is 1. The monoisotopic (exact) mass is 253 g/mol. The predicted molar refractivity (Wildman–Crippen MR) is 74.4 cm³/mol. The topological polar surface area (TPSA) is 29.9 Å². The van der Waals surface area contributed by atoms with Crippen LogP contribution in [-0.4, -0.2) is 27.8 Å². The van der Waals surface area contributed by atoms with Gasteiger partial charge in [0.15, 0.2) is 0 Å². The predicted octanol–water partition coefficient (Wildman–Crippen LogP) is 2.70. The third-order valence-corrected chi connectivity index (χ3v) is 4.58. The molecule has 2 heterocycles. The van der Waals surface area contributed by atoms with Gasteiger partial charge in [0, 0.05) is 24.3 Å². The Balaban J connectivity index is 1.77. The summed E-state index contributed by atoms with van der Waals surface area (Å²) in [5.41, 5.74) is 1.30. The fraction of sp³-hybridized carbons (Fsp3) is 0.769. The summed E-state index contributed by atoms with van der Waals surface area (Å²) in [6.45, 7) is 6.45. The van der Waals surface area contributed by atoms with Crippen LogP contribution in [0.15, 0.2) is 12.4 Å². The second kappa shape index (κ2) is 6.45. The average molecular weight is 253 g/mol. The zero-order valence-corrected chi connectivity index (χ0v) is 11.7. The Morgan fingerprint density at radius 3 is 2.94 bits per heavy atom. The third-order valence-electron chi connectivity index (χ3n) is 3.53. The number of nitrogens with one attached hydrogen (secondary N) is 1. The van der Waals surface area contributed by atoms with Crippen molar-refractivity contribution in [2.75, 3.05) is 18.1 Å². The molecule has 0 aliphatic carbocycles. The van der Waals surface area contributed by atoms with E-state index in [9.17, 15) is 0 Å². The number of aryl methyl sites for hydroxylation is 1. The van der Waals surface area contributed by atoms with Crippen molar-refractivity contribution in [1.82, 2.24) is 15.1 Å². The van der Waals surface area contributed by atoms with Gasteiger partial charge in [-0.25, -0.2) is 0 Å². The Morgan fingerprint density at radius 2 is 2.29 bits per heavy atom. The smallest absolute Gasteiger partial charge is 0.0537 e. The van der Waals surface area contributed by atoms with Crippen LogP contribution in [-0.2, 0) is 6.54 Å². The second-order valence-electron chi connectivity index (χ2n) is 4.82. The molecule has 0 radical (unpaired) electrons. The van der Waals surface area contributed by atoms with Crippen molar-refractivity contribution in [2.24, 2.45) is 5.92 Å². The first-order valence-electron chi connectivity index (χ1n) is 6.63. The Kier molecular flexibility index (Phi) is 4.92. The number of hydrogen-bond acceptors (Lipinski definition) is 3. The third kappa shape index (κ3) is 3.75. The first kappa shape index (κ1) is 13.0. The fourth-order valence-corrected chi connectivity index (χ4v) is 3.39. The molecular formula is C13H23N3S. The summed E-state index contributed by atoms with van der Waals surface area (Å²) in [5.74, 6) is 3.56. The molecule has 0 spiro atoms. The molecule has 0 aromatic carbocycles. The van der Waals surface area contributed by atoms with Crippen LogP contribution in [0.2, 0.25) is 0 Å². The van der Waals surface area contributed by atoms with E-state index in [-0.39, 0.29) is 0 Å². The molecule has 1 unspecified atom stereocenters. The van der Waals surface area contributed by atoms with Crippen molar-refractivity contribution < 1.29 is 0 Å². The van der Waals surface area contributed by atoms with Crippen LogP contribution in [0.5, 0.6) is 0 Å². The Labute approximate surface area is 108 Å². The van der Waals surface area contributed by atoms with Gasteiger partial charge in [0.2, 0.25) is 0 Å². The van der Waals surface area contributed by atoms with Crippen LogP contribution in [0.1, 0.15) is 38.3 Å². The molecule has 2 rings (SSSR count). The lowest BCUT2D eigenvalue weighted by atomic mass is 10.0. The van der Waals surface area contributed by atoms with Gasteiger partial charge in [0.05, 0.1) is 6.20 Å². The second-order valence-corrected chi connectivity index (χ2v) is 6.04. The average Bonchev–Trinajstić information content (AvgIpc) is 2.86. The van der Waals surface area contributed by atoms with Crippen LogP contribution in [0.3, 0.4) is 0 Å². The van der Waals surface area contributed by atoms with Gasteiger partial charge >= 0.3 is 0 Å². The normalized spacial score (nSPS) is 19.4. The molecule has 0 bridgehead atoms. The lowest BCUT2D eigenvalue weighted by molar-refractivity contribution is 0.421. The lowest BCUT2D eigenvalue weighted by Crippen LogP contribution is -2.27. The summed E-state index contributed by atoms with van der Waals surface area (Å²) in [6, 6.07) is 0.421. The van der Waals surface area contributed by atoms with E-state index in [4.69, 9.17) is 0 Å². The molecule has 1 aliphatic rings. The Morgan fingerprint density at radius 1 is 1.53 bits per heavy atom. The first-order valence-corrected chi connectivity index (χ1v) is 7.78. The van der Waals surface area contributed by atoms with Crippen molar-refractivity contribution in [3.05, 3.63) is 18.0 Å². The van der Waals surface area contributed by atoms with Crippen LogP contribution >= 0.6 is 11.8 Å². The summed E-state index contributed by atoms with van der Waals surface area (Å²) in [7, 11) is 0. The van der Waals surface area contributed by atoms with Gasteiger partial charge in [-0.1, -0.05) is 0 Å². The highest BCUT2D eigenvalue weighted by Gasteiger charge is 2.15. The van der Waals surface area contributed by atoms with Crippen molar-refractivity contribution in [3.8, 4) is 0 Å². The van der Waals surface area contributed by atoms with Crippen LogP contribution < -0.4 is 5.32 Å². The fourth-order valence-electron chi connectivity index (χ4n) is 2.19. The summed E-state index contributed by atoms with van der Waals surface area (Å²) < 4.78 is 1.99. The van der Waals surface area contributed by atoms with Gasteiger partial charge in [0.1, 0.15) is 0 Å². The minimum atomic E-state index is 0.421. The minimum Gasteiger partial charge on any atom is -0.310 e. The molecule has 0 amide bonds. The van der Waals surface area contributed by atoms with Crippen LogP contribution in [0.4, 0.5) is 0 Å². The van der Waals surface area contributed by atoms with Crippen molar-refractivity contribution in [1.29, 1.82) is 0 Å². The van der Waals surface area contributed by atoms with Gasteiger partial charge in [-0.15, -0.1) is 0 Å². The maximum absolute atomic E-state index is 4.32. The van der Waals surface area contributed by atoms with Gasteiger partial charge in [-0.2, -0.15) is 16.9 Å². The maximum Gasteiger partial charge on any atom is 0.0537 e. The quantitative estimate of drug-likeness (QED) is 0.875. The van der Waals surface area contributed by atoms with Gasteiger partial charge < -0.3 is 5.32 Å². The molecule has 1 atom stereocenters. The van der Waals surface area contributed by atoms with Crippen LogP contribution in [0.25, 0.3) is 0 Å². The number of rotatable bonds is 5. The van der Waals surface area contributed by atoms with Crippen molar-refractivity contribution in [3.63, 3.8) is 0 Å². The SMILES string of the molecule is CCn1cc(C(C)NCC2CCSCC2)cn1.